The Labute approximate surface area is 214 Å². The first kappa shape index (κ1) is 26.9. The van der Waals surface area contributed by atoms with Gasteiger partial charge in [0.1, 0.15) is 17.5 Å². The van der Waals surface area contributed by atoms with E-state index in [-0.39, 0.29) is 49.1 Å². The van der Waals surface area contributed by atoms with E-state index in [1.165, 1.54) is 19.1 Å². The zero-order chi connectivity index (χ0) is 27.3. The average Bonchev–Trinajstić information content (AvgIpc) is 3.08. The largest absolute Gasteiger partial charge is 0.481 e. The van der Waals surface area contributed by atoms with Gasteiger partial charge in [-0.1, -0.05) is 19.9 Å². The van der Waals surface area contributed by atoms with Crippen molar-refractivity contribution in [3.8, 4) is 0 Å². The van der Waals surface area contributed by atoms with Crippen molar-refractivity contribution in [1.82, 2.24) is 0 Å². The molecule has 10 heteroatoms. The highest BCUT2D eigenvalue weighted by atomic mass is 16.5. The number of aliphatic carboxylic acids is 1. The molecule has 3 fully saturated rings. The molecule has 0 aromatic carbocycles. The molecule has 0 heterocycles. The zero-order valence-electron chi connectivity index (χ0n) is 21.2. The summed E-state index contributed by atoms with van der Waals surface area (Å²) in [5.74, 6) is -4.84. The molecule has 4 rings (SSSR count). The molecule has 0 aromatic rings. The summed E-state index contributed by atoms with van der Waals surface area (Å²) in [7, 11) is 0. The predicted molar refractivity (Wildman–Crippen MR) is 126 cm³/mol. The monoisotopic (exact) mass is 516 g/mol. The number of carboxylic acids is 1. The summed E-state index contributed by atoms with van der Waals surface area (Å²) >= 11 is 0. The molecule has 7 atom stereocenters. The van der Waals surface area contributed by atoms with Gasteiger partial charge in [-0.05, 0) is 48.8 Å². The molecular formula is C27H32O10. The molecule has 0 spiro atoms. The Hall–Kier alpha value is -3.14. The summed E-state index contributed by atoms with van der Waals surface area (Å²) in [5.41, 5.74) is -3.40. The number of carbonyl (C=O) groups is 6. The van der Waals surface area contributed by atoms with Gasteiger partial charge in [0.15, 0.2) is 12.4 Å². The lowest BCUT2D eigenvalue weighted by Gasteiger charge is -2.57. The predicted octanol–water partition coefficient (Wildman–Crippen LogP) is 1.72. The normalized spacial score (nSPS) is 38.1. The van der Waals surface area contributed by atoms with Crippen LogP contribution in [-0.4, -0.2) is 63.8 Å². The SMILES string of the molecule is CC(=O)OCC(=O)[C@@]1(O)CCC2C3C[C@@H](OC(=O)CCC(=O)O)C4=CC(=O)C=C[C@]4(C)C3C(=O)C[C@@]21C. The van der Waals surface area contributed by atoms with Gasteiger partial charge in [-0.3, -0.25) is 28.8 Å². The second kappa shape index (κ2) is 9.31. The van der Waals surface area contributed by atoms with Crippen molar-refractivity contribution in [2.75, 3.05) is 6.61 Å². The number of ketones is 3. The summed E-state index contributed by atoms with van der Waals surface area (Å²) in [6, 6.07) is 0. The van der Waals surface area contributed by atoms with E-state index in [0.717, 1.165) is 0 Å². The van der Waals surface area contributed by atoms with Gasteiger partial charge in [0, 0.05) is 30.1 Å². The molecular weight excluding hydrogens is 484 g/mol. The van der Waals surface area contributed by atoms with Crippen LogP contribution in [0.5, 0.6) is 0 Å². The van der Waals surface area contributed by atoms with E-state index >= 15 is 0 Å². The Morgan fingerprint density at radius 3 is 2.49 bits per heavy atom. The third kappa shape index (κ3) is 4.35. The maximum Gasteiger partial charge on any atom is 0.306 e. The molecule has 0 aliphatic heterocycles. The van der Waals surface area contributed by atoms with Crippen molar-refractivity contribution >= 4 is 35.3 Å². The highest BCUT2D eigenvalue weighted by molar-refractivity contribution is 6.02. The molecule has 200 valence electrons. The maximum absolute atomic E-state index is 13.8. The number of ether oxygens (including phenoxy) is 2. The van der Waals surface area contributed by atoms with Gasteiger partial charge in [-0.25, -0.2) is 0 Å². The molecule has 4 aliphatic carbocycles. The van der Waals surface area contributed by atoms with E-state index in [1.807, 2.05) is 6.92 Å². The van der Waals surface area contributed by atoms with Crippen molar-refractivity contribution in [1.29, 1.82) is 0 Å². The smallest absolute Gasteiger partial charge is 0.306 e. The lowest BCUT2D eigenvalue weighted by molar-refractivity contribution is -0.175. The topological polar surface area (TPSA) is 161 Å². The summed E-state index contributed by atoms with van der Waals surface area (Å²) < 4.78 is 10.6. The number of rotatable bonds is 7. The van der Waals surface area contributed by atoms with E-state index < -0.39 is 65.2 Å². The Morgan fingerprint density at radius 2 is 1.84 bits per heavy atom. The Morgan fingerprint density at radius 1 is 1.14 bits per heavy atom. The third-order valence-electron chi connectivity index (χ3n) is 9.09. The first-order valence-corrected chi connectivity index (χ1v) is 12.5. The van der Waals surface area contributed by atoms with Gasteiger partial charge in [-0.15, -0.1) is 0 Å². The van der Waals surface area contributed by atoms with Crippen LogP contribution in [0.15, 0.2) is 23.8 Å². The van der Waals surface area contributed by atoms with Crippen molar-refractivity contribution in [3.63, 3.8) is 0 Å². The number of Topliss-reactive ketones (excluding diaryl/α,β-unsaturated/α-hetero) is 2. The Bertz CT molecular complexity index is 1130. The lowest BCUT2D eigenvalue weighted by atomic mass is 9.46. The number of esters is 2. The van der Waals surface area contributed by atoms with Crippen LogP contribution in [-0.2, 0) is 38.2 Å². The van der Waals surface area contributed by atoms with E-state index in [0.29, 0.717) is 12.0 Å². The summed E-state index contributed by atoms with van der Waals surface area (Å²) in [6.45, 7) is 4.12. The quantitative estimate of drug-likeness (QED) is 0.477. The minimum atomic E-state index is -1.86. The molecule has 3 saturated carbocycles. The fourth-order valence-electron chi connectivity index (χ4n) is 7.35. The van der Waals surface area contributed by atoms with Crippen LogP contribution in [0, 0.1) is 28.6 Å². The van der Waals surface area contributed by atoms with Gasteiger partial charge >= 0.3 is 17.9 Å². The van der Waals surface area contributed by atoms with Crippen LogP contribution in [0.2, 0.25) is 0 Å². The molecule has 37 heavy (non-hydrogen) atoms. The van der Waals surface area contributed by atoms with Crippen LogP contribution in [0.1, 0.15) is 59.3 Å². The maximum atomic E-state index is 13.8. The van der Waals surface area contributed by atoms with E-state index in [4.69, 9.17) is 14.6 Å². The van der Waals surface area contributed by atoms with Crippen LogP contribution >= 0.6 is 0 Å². The Kier molecular flexibility index (Phi) is 6.77. The first-order valence-electron chi connectivity index (χ1n) is 12.5. The van der Waals surface area contributed by atoms with Gasteiger partial charge in [0.05, 0.1) is 12.8 Å². The molecule has 0 aromatic heterocycles. The summed E-state index contributed by atoms with van der Waals surface area (Å²) in [6.07, 6.45) is 3.54. The molecule has 0 amide bonds. The van der Waals surface area contributed by atoms with Gasteiger partial charge in [-0.2, -0.15) is 0 Å². The first-order chi connectivity index (χ1) is 17.2. The van der Waals surface area contributed by atoms with Crippen molar-refractivity contribution in [2.45, 2.75) is 71.0 Å². The van der Waals surface area contributed by atoms with Crippen molar-refractivity contribution in [2.24, 2.45) is 28.6 Å². The third-order valence-corrected chi connectivity index (χ3v) is 9.09. The van der Waals surface area contributed by atoms with E-state index in [2.05, 4.69) is 0 Å². The number of fused-ring (bicyclic) bond motifs is 5. The van der Waals surface area contributed by atoms with Gasteiger partial charge < -0.3 is 19.7 Å². The van der Waals surface area contributed by atoms with Crippen molar-refractivity contribution < 1.29 is 48.5 Å². The molecule has 0 radical (unpaired) electrons. The average molecular weight is 517 g/mol. The fourth-order valence-corrected chi connectivity index (χ4v) is 7.35. The highest BCUT2D eigenvalue weighted by Crippen LogP contribution is 2.66. The molecule has 3 unspecified atom stereocenters. The highest BCUT2D eigenvalue weighted by Gasteiger charge is 2.69. The Balaban J connectivity index is 1.69. The minimum Gasteiger partial charge on any atom is -0.481 e. The second-order valence-electron chi connectivity index (χ2n) is 11.1. The van der Waals surface area contributed by atoms with E-state index in [1.54, 1.807) is 13.0 Å². The van der Waals surface area contributed by atoms with Gasteiger partial charge in [0.2, 0.25) is 5.78 Å². The van der Waals surface area contributed by atoms with Crippen molar-refractivity contribution in [3.05, 3.63) is 23.8 Å². The zero-order valence-corrected chi connectivity index (χ0v) is 21.2. The number of aliphatic hydroxyl groups is 1. The number of carbonyl (C=O) groups excluding carboxylic acids is 5. The van der Waals surface area contributed by atoms with Gasteiger partial charge in [0.25, 0.3) is 0 Å². The van der Waals surface area contributed by atoms with Crippen LogP contribution < -0.4 is 0 Å². The summed E-state index contributed by atoms with van der Waals surface area (Å²) in [4.78, 5) is 73.8. The van der Waals surface area contributed by atoms with Crippen LogP contribution in [0.4, 0.5) is 0 Å². The molecule has 4 aliphatic rings. The number of allylic oxidation sites excluding steroid dienone is 3. The fraction of sp³-hybridized carbons (Fsp3) is 0.630. The lowest BCUT2D eigenvalue weighted by Crippen LogP contribution is -2.62. The van der Waals surface area contributed by atoms with Crippen LogP contribution in [0.25, 0.3) is 0 Å². The minimum absolute atomic E-state index is 0.0606. The molecule has 0 bridgehead atoms. The number of hydrogen-bond acceptors (Lipinski definition) is 9. The molecule has 0 saturated heterocycles. The summed E-state index contributed by atoms with van der Waals surface area (Å²) in [5, 5.41) is 20.5. The number of carboxylic acid groups (broad SMARTS) is 1. The standard InChI is InChI=1S/C27H32O10/c1-14(28)36-13-21(31)27(35)9-7-17-16-11-20(37-23(34)5-4-22(32)33)18-10-15(29)6-8-25(18,2)24(16)19(30)12-26(17,27)3/h6,8,10,16-17,20,24,35H,4-5,7,9,11-13H2,1-3H3,(H,32,33)/t16?,17?,20-,24?,25+,26+,27+/m1/s1. The molecule has 10 nitrogen and oxygen atoms in total. The second-order valence-corrected chi connectivity index (χ2v) is 11.1. The van der Waals surface area contributed by atoms with Crippen LogP contribution in [0.3, 0.4) is 0 Å². The number of hydrogen-bond donors (Lipinski definition) is 2. The van der Waals surface area contributed by atoms with E-state index in [9.17, 15) is 33.9 Å². The molecule has 2 N–H and O–H groups in total.